The number of carbonyl (C=O) groups excluding carboxylic acids is 4. The summed E-state index contributed by atoms with van der Waals surface area (Å²) >= 11 is 0. The molecular weight excluding hydrogens is 633 g/mol. The summed E-state index contributed by atoms with van der Waals surface area (Å²) in [6, 6.07) is 16.5. The van der Waals surface area contributed by atoms with Gasteiger partial charge in [0.15, 0.2) is 0 Å². The first-order valence-corrected chi connectivity index (χ1v) is 15.2. The number of hydrogen-bond donors (Lipinski definition) is 2. The Morgan fingerprint density at radius 3 is 2.27 bits per heavy atom. The first kappa shape index (κ1) is 31.2. The molecule has 7 rings (SSSR count). The Balaban J connectivity index is 1.38. The van der Waals surface area contributed by atoms with Gasteiger partial charge in [-0.1, -0.05) is 35.9 Å². The van der Waals surface area contributed by atoms with Gasteiger partial charge >= 0.3 is 12.3 Å². The number of phenolic OH excluding ortho intramolecular Hbond substituents is 1. The summed E-state index contributed by atoms with van der Waals surface area (Å²) in [6.07, 6.45) is -3.39. The van der Waals surface area contributed by atoms with Crippen molar-refractivity contribution in [2.24, 2.45) is 29.1 Å². The molecule has 1 saturated carbocycles. The number of anilines is 2. The van der Waals surface area contributed by atoms with Gasteiger partial charge in [0.1, 0.15) is 11.5 Å². The van der Waals surface area contributed by atoms with Crippen LogP contribution in [0, 0.1) is 29.1 Å². The number of alkyl halides is 3. The molecule has 4 aliphatic rings. The monoisotopic (exact) mass is 660 g/mol. The fourth-order valence-electron chi connectivity index (χ4n) is 8.18. The Morgan fingerprint density at radius 2 is 1.58 bits per heavy atom. The number of fused-ring (bicyclic) bond motifs is 4. The zero-order chi connectivity index (χ0) is 34.3. The predicted octanol–water partition coefficient (Wildman–Crippen LogP) is 5.42. The number of phenols is 1. The Kier molecular flexibility index (Phi) is 7.00. The van der Waals surface area contributed by atoms with Crippen molar-refractivity contribution in [3.05, 3.63) is 95.6 Å². The van der Waals surface area contributed by atoms with Gasteiger partial charge in [0, 0.05) is 11.5 Å². The standard InChI is InChI=1S/C35H27F3N2O8/c1-34-25(30(43)40(33(34)47)18-7-3-2-4-8-18)16-23-21(28(34)24-15-20(10-13-26(24)41)48-35(36,37)38)11-12-22-27(23)31(44)39(29(22)42)19-9-5-6-17(14-19)32(45)46/h2-11,13-15,22-23,25,27-28,41H,12,16H2,1H3,(H,45,46)/t22-,23+,25-,27-,28+,34+/m0/s1. The van der Waals surface area contributed by atoms with Crippen LogP contribution in [-0.4, -0.2) is 46.2 Å². The van der Waals surface area contributed by atoms with Gasteiger partial charge in [0.05, 0.1) is 40.1 Å². The molecule has 246 valence electrons. The average molecular weight is 661 g/mol. The lowest BCUT2D eigenvalue weighted by Gasteiger charge is -2.49. The van der Waals surface area contributed by atoms with E-state index in [2.05, 4.69) is 4.74 Å². The van der Waals surface area contributed by atoms with Gasteiger partial charge < -0.3 is 14.9 Å². The Morgan fingerprint density at radius 1 is 0.875 bits per heavy atom. The van der Waals surface area contributed by atoms with Crippen molar-refractivity contribution in [2.45, 2.75) is 32.0 Å². The number of carbonyl (C=O) groups is 5. The lowest BCUT2D eigenvalue weighted by Crippen LogP contribution is -2.49. The van der Waals surface area contributed by atoms with E-state index in [1.807, 2.05) is 0 Å². The van der Waals surface area contributed by atoms with Crippen molar-refractivity contribution in [2.75, 3.05) is 9.80 Å². The predicted molar refractivity (Wildman–Crippen MR) is 162 cm³/mol. The highest BCUT2D eigenvalue weighted by molar-refractivity contribution is 6.25. The molecule has 0 bridgehead atoms. The van der Waals surface area contributed by atoms with Crippen LogP contribution in [0.5, 0.6) is 11.5 Å². The molecule has 0 radical (unpaired) electrons. The van der Waals surface area contributed by atoms with Crippen LogP contribution in [0.1, 0.15) is 41.6 Å². The summed E-state index contributed by atoms with van der Waals surface area (Å²) in [5.74, 6) is -9.74. The van der Waals surface area contributed by atoms with Crippen molar-refractivity contribution in [1.29, 1.82) is 0 Å². The molecule has 2 N–H and O–H groups in total. The molecule has 3 fully saturated rings. The van der Waals surface area contributed by atoms with Crippen molar-refractivity contribution in [3.8, 4) is 11.5 Å². The second-order valence-electron chi connectivity index (χ2n) is 12.6. The molecule has 3 aromatic carbocycles. The number of benzene rings is 3. The summed E-state index contributed by atoms with van der Waals surface area (Å²) in [6.45, 7) is 1.54. The maximum atomic E-state index is 14.4. The van der Waals surface area contributed by atoms with Crippen LogP contribution in [0.25, 0.3) is 0 Å². The van der Waals surface area contributed by atoms with Crippen LogP contribution >= 0.6 is 0 Å². The van der Waals surface area contributed by atoms with Crippen LogP contribution in [0.15, 0.2) is 84.4 Å². The number of hydrogen-bond acceptors (Lipinski definition) is 7. The highest BCUT2D eigenvalue weighted by Crippen LogP contribution is 2.64. The van der Waals surface area contributed by atoms with Crippen LogP contribution in [0.4, 0.5) is 24.5 Å². The van der Waals surface area contributed by atoms with Gasteiger partial charge in [0.2, 0.25) is 23.6 Å². The zero-order valence-electron chi connectivity index (χ0n) is 25.2. The van der Waals surface area contributed by atoms with E-state index in [9.17, 15) is 47.4 Å². The highest BCUT2D eigenvalue weighted by atomic mass is 19.4. The van der Waals surface area contributed by atoms with E-state index in [-0.39, 0.29) is 35.3 Å². The van der Waals surface area contributed by atoms with E-state index in [1.165, 1.54) is 31.2 Å². The third-order valence-corrected chi connectivity index (χ3v) is 10.2. The van der Waals surface area contributed by atoms with Crippen LogP contribution in [0.2, 0.25) is 0 Å². The lowest BCUT2D eigenvalue weighted by atomic mass is 9.51. The number of amides is 4. The zero-order valence-corrected chi connectivity index (χ0v) is 25.2. The number of nitrogens with zero attached hydrogens (tertiary/aromatic N) is 2. The lowest BCUT2D eigenvalue weighted by molar-refractivity contribution is -0.274. The van der Waals surface area contributed by atoms with E-state index in [0.29, 0.717) is 5.57 Å². The number of aromatic hydroxyl groups is 1. The first-order valence-electron chi connectivity index (χ1n) is 15.2. The minimum atomic E-state index is -5.06. The van der Waals surface area contributed by atoms with E-state index in [4.69, 9.17) is 0 Å². The Labute approximate surface area is 271 Å². The molecule has 2 aliphatic heterocycles. The second-order valence-corrected chi connectivity index (χ2v) is 12.6. The SMILES string of the molecule is C[C@@]12C(=O)N(c3ccccc3)C(=O)[C@@H]1C[C@@H]1C(=CC[C@@H]3C(=O)N(c4cccc(C(=O)O)c4)C(=O)[C@@H]31)[C@@H]2c1cc(OC(F)(F)F)ccc1O. The van der Waals surface area contributed by atoms with Gasteiger partial charge in [-0.05, 0) is 74.2 Å². The second kappa shape index (κ2) is 10.8. The smallest absolute Gasteiger partial charge is 0.508 e. The molecule has 0 aromatic heterocycles. The maximum Gasteiger partial charge on any atom is 0.573 e. The summed E-state index contributed by atoms with van der Waals surface area (Å²) in [7, 11) is 0. The van der Waals surface area contributed by atoms with Gasteiger partial charge in [-0.2, -0.15) is 0 Å². The van der Waals surface area contributed by atoms with Crippen LogP contribution < -0.4 is 14.5 Å². The summed E-state index contributed by atoms with van der Waals surface area (Å²) in [5.41, 5.74) is -1.06. The summed E-state index contributed by atoms with van der Waals surface area (Å²) in [4.78, 5) is 70.2. The highest BCUT2D eigenvalue weighted by Gasteiger charge is 2.68. The third-order valence-electron chi connectivity index (χ3n) is 10.2. The van der Waals surface area contributed by atoms with E-state index in [1.54, 1.807) is 36.4 Å². The van der Waals surface area contributed by atoms with E-state index >= 15 is 0 Å². The normalized spacial score (nSPS) is 28.2. The molecule has 6 atom stereocenters. The maximum absolute atomic E-state index is 14.4. The number of ether oxygens (including phenoxy) is 1. The number of allylic oxidation sites excluding steroid dienone is 2. The van der Waals surface area contributed by atoms with E-state index < -0.39 is 82.5 Å². The number of carboxylic acids is 1. The number of aromatic carboxylic acids is 1. The fraction of sp³-hybridized carbons (Fsp3) is 0.286. The minimum absolute atomic E-state index is 0.0253. The number of para-hydroxylation sites is 1. The van der Waals surface area contributed by atoms with Gasteiger partial charge in [-0.25, -0.2) is 9.69 Å². The van der Waals surface area contributed by atoms with Gasteiger partial charge in [0.25, 0.3) is 0 Å². The first-order chi connectivity index (χ1) is 22.7. The Hall–Kier alpha value is -5.46. The molecule has 48 heavy (non-hydrogen) atoms. The molecule has 4 amide bonds. The number of imide groups is 2. The Bertz CT molecular complexity index is 1940. The molecule has 0 spiro atoms. The number of halogens is 3. The fourth-order valence-corrected chi connectivity index (χ4v) is 8.18. The average Bonchev–Trinajstić information content (AvgIpc) is 3.41. The van der Waals surface area contributed by atoms with Crippen molar-refractivity contribution in [3.63, 3.8) is 0 Å². The summed E-state index contributed by atoms with van der Waals surface area (Å²) in [5, 5.41) is 20.6. The molecule has 10 nitrogen and oxygen atoms in total. The molecule has 2 heterocycles. The quantitative estimate of drug-likeness (QED) is 0.273. The minimum Gasteiger partial charge on any atom is -0.508 e. The molecular formula is C35H27F3N2O8. The topological polar surface area (TPSA) is 142 Å². The molecule has 3 aromatic rings. The van der Waals surface area contributed by atoms with Crippen LogP contribution in [-0.2, 0) is 19.2 Å². The van der Waals surface area contributed by atoms with Gasteiger partial charge in [-0.15, -0.1) is 13.2 Å². The largest absolute Gasteiger partial charge is 0.573 e. The molecule has 0 unspecified atom stereocenters. The van der Waals surface area contributed by atoms with Crippen LogP contribution in [0.3, 0.4) is 0 Å². The van der Waals surface area contributed by atoms with Gasteiger partial charge in [-0.3, -0.25) is 24.1 Å². The third kappa shape index (κ3) is 4.59. The number of carboxylic acid groups (broad SMARTS) is 1. The van der Waals surface area contributed by atoms with Crippen molar-refractivity contribution >= 4 is 41.0 Å². The molecule has 2 saturated heterocycles. The van der Waals surface area contributed by atoms with E-state index in [0.717, 1.165) is 28.0 Å². The van der Waals surface area contributed by atoms with Crippen molar-refractivity contribution < 1.29 is 52.1 Å². The molecule has 2 aliphatic carbocycles. The summed E-state index contributed by atoms with van der Waals surface area (Å²) < 4.78 is 44.0. The molecule has 13 heteroatoms. The van der Waals surface area contributed by atoms with Crippen molar-refractivity contribution in [1.82, 2.24) is 0 Å². The number of rotatable bonds is 5.